The number of aliphatic hydroxyl groups excluding tert-OH is 1. The summed E-state index contributed by atoms with van der Waals surface area (Å²) in [5.74, 6) is 0.716. The van der Waals surface area contributed by atoms with Crippen molar-refractivity contribution in [2.75, 3.05) is 39.9 Å². The molecule has 0 radical (unpaired) electrons. The second-order valence-electron chi connectivity index (χ2n) is 6.28. The Bertz CT molecular complexity index is 262. The lowest BCUT2D eigenvalue weighted by molar-refractivity contribution is -0.0266. The molecule has 4 heteroatoms. The molecule has 2 fully saturated rings. The van der Waals surface area contributed by atoms with Crippen LogP contribution in [0.25, 0.3) is 0 Å². The van der Waals surface area contributed by atoms with Crippen LogP contribution in [0.15, 0.2) is 0 Å². The fourth-order valence-electron chi connectivity index (χ4n) is 3.34. The van der Waals surface area contributed by atoms with Gasteiger partial charge >= 0.3 is 0 Å². The van der Waals surface area contributed by atoms with Gasteiger partial charge in [-0.15, -0.1) is 0 Å². The number of hydrogen-bond acceptors (Lipinski definition) is 4. The minimum Gasteiger partial charge on any atom is -0.394 e. The second kappa shape index (κ2) is 6.33. The molecule has 0 bridgehead atoms. The van der Waals surface area contributed by atoms with E-state index in [1.165, 1.54) is 12.8 Å². The third kappa shape index (κ3) is 3.67. The number of hydrogen-bond donors (Lipinski definition) is 2. The molecule has 1 aliphatic heterocycles. The Labute approximate surface area is 111 Å². The van der Waals surface area contributed by atoms with Crippen molar-refractivity contribution in [2.24, 2.45) is 5.92 Å². The maximum atomic E-state index is 9.73. The fourth-order valence-corrected chi connectivity index (χ4v) is 3.34. The third-order valence-corrected chi connectivity index (χ3v) is 4.44. The number of aliphatic hydroxyl groups is 1. The molecule has 1 aliphatic carbocycles. The van der Waals surface area contributed by atoms with E-state index in [1.807, 2.05) is 0 Å². The average molecular weight is 256 g/mol. The minimum atomic E-state index is -0.0585. The first-order valence-corrected chi connectivity index (χ1v) is 7.29. The van der Waals surface area contributed by atoms with Gasteiger partial charge in [-0.3, -0.25) is 0 Å². The molecule has 2 rings (SSSR count). The topological polar surface area (TPSA) is 44.7 Å². The van der Waals surface area contributed by atoms with Gasteiger partial charge in [-0.05, 0) is 25.8 Å². The lowest BCUT2D eigenvalue weighted by Gasteiger charge is -2.41. The molecule has 2 aliphatic rings. The quantitative estimate of drug-likeness (QED) is 0.783. The number of rotatable bonds is 4. The number of morpholine rings is 1. The van der Waals surface area contributed by atoms with Gasteiger partial charge in [-0.1, -0.05) is 19.8 Å². The third-order valence-electron chi connectivity index (χ3n) is 4.44. The number of nitrogens with one attached hydrogen (secondary N) is 1. The van der Waals surface area contributed by atoms with E-state index < -0.39 is 0 Å². The zero-order valence-electron chi connectivity index (χ0n) is 11.8. The van der Waals surface area contributed by atoms with Crippen molar-refractivity contribution in [2.45, 2.75) is 44.2 Å². The standard InChI is InChI=1S/C14H28N2O2/c1-12-4-3-5-14(8-12,11-17)15-9-13-10-16(2)6-7-18-13/h12-13,15,17H,3-11H2,1-2H3. The SMILES string of the molecule is CC1CCCC(CO)(NCC2CN(C)CCO2)C1. The van der Waals surface area contributed by atoms with E-state index in [4.69, 9.17) is 4.74 Å². The van der Waals surface area contributed by atoms with Crippen LogP contribution in [0.3, 0.4) is 0 Å². The summed E-state index contributed by atoms with van der Waals surface area (Å²) in [6.45, 7) is 6.24. The van der Waals surface area contributed by atoms with Gasteiger partial charge in [0.15, 0.2) is 0 Å². The van der Waals surface area contributed by atoms with E-state index in [2.05, 4.69) is 24.2 Å². The van der Waals surface area contributed by atoms with Gasteiger partial charge in [0, 0.05) is 25.2 Å². The summed E-state index contributed by atoms with van der Waals surface area (Å²) in [4.78, 5) is 2.31. The van der Waals surface area contributed by atoms with Crippen molar-refractivity contribution in [1.29, 1.82) is 0 Å². The smallest absolute Gasteiger partial charge is 0.0826 e. The van der Waals surface area contributed by atoms with Crippen molar-refractivity contribution < 1.29 is 9.84 Å². The highest BCUT2D eigenvalue weighted by Gasteiger charge is 2.34. The molecule has 2 N–H and O–H groups in total. The van der Waals surface area contributed by atoms with E-state index in [-0.39, 0.29) is 18.2 Å². The van der Waals surface area contributed by atoms with Gasteiger partial charge in [-0.2, -0.15) is 0 Å². The monoisotopic (exact) mass is 256 g/mol. The Morgan fingerprint density at radius 2 is 2.33 bits per heavy atom. The predicted octanol–water partition coefficient (Wildman–Crippen LogP) is 0.848. The van der Waals surface area contributed by atoms with Gasteiger partial charge in [0.2, 0.25) is 0 Å². The van der Waals surface area contributed by atoms with Gasteiger partial charge in [0.25, 0.3) is 0 Å². The predicted molar refractivity (Wildman–Crippen MR) is 72.7 cm³/mol. The highest BCUT2D eigenvalue weighted by atomic mass is 16.5. The molecule has 3 unspecified atom stereocenters. The molecule has 3 atom stereocenters. The molecule has 4 nitrogen and oxygen atoms in total. The molecule has 0 amide bonds. The highest BCUT2D eigenvalue weighted by molar-refractivity contribution is 4.93. The first-order valence-electron chi connectivity index (χ1n) is 7.29. The molecule has 1 heterocycles. The first kappa shape index (κ1) is 14.3. The maximum absolute atomic E-state index is 9.73. The molecule has 0 spiro atoms. The second-order valence-corrected chi connectivity index (χ2v) is 6.28. The fraction of sp³-hybridized carbons (Fsp3) is 1.00. The van der Waals surface area contributed by atoms with Gasteiger partial charge in [0.1, 0.15) is 0 Å². The lowest BCUT2D eigenvalue weighted by Crippen LogP contribution is -2.55. The highest BCUT2D eigenvalue weighted by Crippen LogP contribution is 2.31. The summed E-state index contributed by atoms with van der Waals surface area (Å²) in [7, 11) is 2.14. The van der Waals surface area contributed by atoms with Crippen LogP contribution in [0.5, 0.6) is 0 Å². The van der Waals surface area contributed by atoms with Crippen LogP contribution in [-0.2, 0) is 4.74 Å². The Hall–Kier alpha value is -0.160. The molecule has 0 aromatic heterocycles. The molecule has 0 aromatic rings. The van der Waals surface area contributed by atoms with Crippen LogP contribution in [0.2, 0.25) is 0 Å². The van der Waals surface area contributed by atoms with E-state index in [0.29, 0.717) is 5.92 Å². The summed E-state index contributed by atoms with van der Waals surface area (Å²) in [6, 6.07) is 0. The molecule has 106 valence electrons. The number of nitrogens with zero attached hydrogens (tertiary/aromatic N) is 1. The Morgan fingerprint density at radius 1 is 1.50 bits per heavy atom. The minimum absolute atomic E-state index is 0.0585. The van der Waals surface area contributed by atoms with Crippen LogP contribution >= 0.6 is 0 Å². The molecule has 1 saturated heterocycles. The summed E-state index contributed by atoms with van der Waals surface area (Å²) < 4.78 is 5.77. The number of likely N-dealkylation sites (N-methyl/N-ethyl adjacent to an activating group) is 1. The van der Waals surface area contributed by atoms with Crippen LogP contribution < -0.4 is 5.32 Å². The Balaban J connectivity index is 1.82. The molecular weight excluding hydrogens is 228 g/mol. The summed E-state index contributed by atoms with van der Waals surface area (Å²) >= 11 is 0. The molecule has 1 saturated carbocycles. The molecule has 18 heavy (non-hydrogen) atoms. The molecular formula is C14H28N2O2. The van der Waals surface area contributed by atoms with Gasteiger partial charge in [0.05, 0.1) is 19.3 Å². The largest absolute Gasteiger partial charge is 0.394 e. The average Bonchev–Trinajstić information content (AvgIpc) is 2.37. The van der Waals surface area contributed by atoms with E-state index in [0.717, 1.165) is 39.1 Å². The van der Waals surface area contributed by atoms with Crippen LogP contribution in [0, 0.1) is 5.92 Å². The maximum Gasteiger partial charge on any atom is 0.0826 e. The molecule has 0 aromatic carbocycles. The van der Waals surface area contributed by atoms with E-state index >= 15 is 0 Å². The van der Waals surface area contributed by atoms with Crippen LogP contribution in [0.1, 0.15) is 32.6 Å². The van der Waals surface area contributed by atoms with Gasteiger partial charge < -0.3 is 20.1 Å². The van der Waals surface area contributed by atoms with Crippen LogP contribution in [-0.4, -0.2) is 61.5 Å². The van der Waals surface area contributed by atoms with Crippen molar-refractivity contribution in [3.05, 3.63) is 0 Å². The van der Waals surface area contributed by atoms with Crippen molar-refractivity contribution >= 4 is 0 Å². The zero-order valence-corrected chi connectivity index (χ0v) is 11.8. The van der Waals surface area contributed by atoms with Crippen molar-refractivity contribution in [3.63, 3.8) is 0 Å². The van der Waals surface area contributed by atoms with Crippen LogP contribution in [0.4, 0.5) is 0 Å². The van der Waals surface area contributed by atoms with E-state index in [1.54, 1.807) is 0 Å². The van der Waals surface area contributed by atoms with E-state index in [9.17, 15) is 5.11 Å². The summed E-state index contributed by atoms with van der Waals surface area (Å²) in [5.41, 5.74) is -0.0585. The Morgan fingerprint density at radius 3 is 3.00 bits per heavy atom. The normalized spacial score (nSPS) is 38.8. The van der Waals surface area contributed by atoms with Crippen molar-refractivity contribution in [3.8, 4) is 0 Å². The summed E-state index contributed by atoms with van der Waals surface area (Å²) in [6.07, 6.45) is 4.97. The van der Waals surface area contributed by atoms with Crippen molar-refractivity contribution in [1.82, 2.24) is 10.2 Å². The number of ether oxygens (including phenoxy) is 1. The lowest BCUT2D eigenvalue weighted by atomic mass is 9.77. The first-order chi connectivity index (χ1) is 8.63. The Kier molecular flexibility index (Phi) is 5.01. The van der Waals surface area contributed by atoms with Gasteiger partial charge in [-0.25, -0.2) is 0 Å². The zero-order chi connectivity index (χ0) is 13.0. The summed E-state index contributed by atoms with van der Waals surface area (Å²) in [5, 5.41) is 13.3.